The first-order chi connectivity index (χ1) is 11.6. The smallest absolute Gasteiger partial charge is 0.166 e. The van der Waals surface area contributed by atoms with E-state index < -0.39 is 5.82 Å². The predicted octanol–water partition coefficient (Wildman–Crippen LogP) is 4.39. The summed E-state index contributed by atoms with van der Waals surface area (Å²) in [6.45, 7) is 2.00. The Morgan fingerprint density at radius 2 is 1.92 bits per heavy atom. The maximum Gasteiger partial charge on any atom is 0.166 e. The average molecular weight is 328 g/mol. The minimum atomic E-state index is -0.391. The number of rotatable bonds is 4. The van der Waals surface area contributed by atoms with E-state index >= 15 is 0 Å². The highest BCUT2D eigenvalue weighted by atomic mass is 19.1. The van der Waals surface area contributed by atoms with Gasteiger partial charge in [-0.25, -0.2) is 4.39 Å². The number of hydrogen-bond donors (Lipinski definition) is 0. The van der Waals surface area contributed by atoms with E-state index in [9.17, 15) is 9.18 Å². The van der Waals surface area contributed by atoms with Crippen molar-refractivity contribution in [1.29, 1.82) is 0 Å². The van der Waals surface area contributed by atoms with Gasteiger partial charge in [0.05, 0.1) is 14.2 Å². The molecule has 0 amide bonds. The lowest BCUT2D eigenvalue weighted by Gasteiger charge is -2.32. The van der Waals surface area contributed by atoms with Crippen molar-refractivity contribution in [3.8, 4) is 11.5 Å². The Kier molecular flexibility index (Phi) is 4.56. The molecule has 2 unspecified atom stereocenters. The Bertz CT molecular complexity index is 769. The molecule has 1 aliphatic rings. The molecule has 2 atom stereocenters. The van der Waals surface area contributed by atoms with Gasteiger partial charge in [-0.15, -0.1) is 0 Å². The molecule has 3 rings (SSSR count). The monoisotopic (exact) mass is 328 g/mol. The molecule has 0 aliphatic heterocycles. The normalized spacial score (nSPS) is 19.8. The molecule has 0 fully saturated rings. The van der Waals surface area contributed by atoms with Crippen LogP contribution in [0, 0.1) is 11.7 Å². The number of carbonyl (C=O) groups is 1. The molecule has 1 aliphatic carbocycles. The van der Waals surface area contributed by atoms with Crippen molar-refractivity contribution in [2.24, 2.45) is 5.92 Å². The Balaban J connectivity index is 2.02. The van der Waals surface area contributed by atoms with Gasteiger partial charge in [0.2, 0.25) is 0 Å². The lowest BCUT2D eigenvalue weighted by molar-refractivity contribution is 0.0880. The topological polar surface area (TPSA) is 35.5 Å². The molecular formula is C20H21FO3. The standard InChI is InChI=1S/C20H21FO3/c1-4-15-16(13-6-8-19(24-3)18(21)10-13)9-12-5-7-14(23-2)11-17(12)20(15)22/h5-8,10-11,15-16H,4,9H2,1-3H3. The van der Waals surface area contributed by atoms with E-state index in [0.29, 0.717) is 12.2 Å². The molecule has 2 aromatic carbocycles. The molecular weight excluding hydrogens is 307 g/mol. The molecule has 0 radical (unpaired) electrons. The number of methoxy groups -OCH3 is 2. The number of hydrogen-bond acceptors (Lipinski definition) is 3. The molecule has 0 N–H and O–H groups in total. The third-order valence-corrected chi connectivity index (χ3v) is 4.89. The van der Waals surface area contributed by atoms with E-state index in [2.05, 4.69) is 0 Å². The van der Waals surface area contributed by atoms with Crippen LogP contribution in [-0.2, 0) is 6.42 Å². The minimum absolute atomic E-state index is 0.0243. The number of halogens is 1. The Hall–Kier alpha value is -2.36. The summed E-state index contributed by atoms with van der Waals surface area (Å²) in [5.41, 5.74) is 2.56. The van der Waals surface area contributed by atoms with Gasteiger partial charge in [-0.05, 0) is 54.2 Å². The van der Waals surface area contributed by atoms with Crippen LogP contribution in [0.25, 0.3) is 0 Å². The largest absolute Gasteiger partial charge is 0.497 e. The summed E-state index contributed by atoms with van der Waals surface area (Å²) in [5.74, 6) is 0.447. The maximum absolute atomic E-state index is 14.1. The van der Waals surface area contributed by atoms with Gasteiger partial charge >= 0.3 is 0 Å². The Labute approximate surface area is 141 Å². The highest BCUT2D eigenvalue weighted by molar-refractivity contribution is 6.01. The second-order valence-corrected chi connectivity index (χ2v) is 6.11. The maximum atomic E-state index is 14.1. The molecule has 0 saturated heterocycles. The highest BCUT2D eigenvalue weighted by Crippen LogP contribution is 2.40. The highest BCUT2D eigenvalue weighted by Gasteiger charge is 2.35. The van der Waals surface area contributed by atoms with E-state index in [1.807, 2.05) is 31.2 Å². The lowest BCUT2D eigenvalue weighted by atomic mass is 9.71. The van der Waals surface area contributed by atoms with Crippen LogP contribution in [0.4, 0.5) is 4.39 Å². The quantitative estimate of drug-likeness (QED) is 0.835. The summed E-state index contributed by atoms with van der Waals surface area (Å²) in [7, 11) is 3.04. The zero-order valence-corrected chi connectivity index (χ0v) is 14.1. The fraction of sp³-hybridized carbons (Fsp3) is 0.350. The lowest BCUT2D eigenvalue weighted by Crippen LogP contribution is -2.29. The zero-order chi connectivity index (χ0) is 17.3. The number of ketones is 1. The molecule has 2 aromatic rings. The molecule has 3 nitrogen and oxygen atoms in total. The fourth-order valence-corrected chi connectivity index (χ4v) is 3.58. The van der Waals surface area contributed by atoms with Crippen molar-refractivity contribution in [2.45, 2.75) is 25.7 Å². The van der Waals surface area contributed by atoms with Gasteiger partial charge in [0.25, 0.3) is 0 Å². The van der Waals surface area contributed by atoms with Gasteiger partial charge in [-0.1, -0.05) is 19.1 Å². The van der Waals surface area contributed by atoms with Crippen LogP contribution in [-0.4, -0.2) is 20.0 Å². The zero-order valence-electron chi connectivity index (χ0n) is 14.1. The molecule has 0 heterocycles. The van der Waals surface area contributed by atoms with Gasteiger partial charge < -0.3 is 9.47 Å². The van der Waals surface area contributed by atoms with E-state index in [0.717, 1.165) is 23.1 Å². The average Bonchev–Trinajstić information content (AvgIpc) is 2.61. The number of benzene rings is 2. The summed E-state index contributed by atoms with van der Waals surface area (Å²) in [4.78, 5) is 12.9. The third-order valence-electron chi connectivity index (χ3n) is 4.89. The second kappa shape index (κ2) is 6.63. The summed E-state index contributed by atoms with van der Waals surface area (Å²) < 4.78 is 24.3. The van der Waals surface area contributed by atoms with Crippen LogP contribution in [0.3, 0.4) is 0 Å². The van der Waals surface area contributed by atoms with Gasteiger partial charge in [-0.3, -0.25) is 4.79 Å². The van der Waals surface area contributed by atoms with Crippen LogP contribution in [0.2, 0.25) is 0 Å². The van der Waals surface area contributed by atoms with E-state index in [1.54, 1.807) is 13.2 Å². The predicted molar refractivity (Wildman–Crippen MR) is 90.5 cm³/mol. The van der Waals surface area contributed by atoms with Crippen molar-refractivity contribution >= 4 is 5.78 Å². The second-order valence-electron chi connectivity index (χ2n) is 6.11. The Morgan fingerprint density at radius 1 is 1.12 bits per heavy atom. The Morgan fingerprint density at radius 3 is 2.54 bits per heavy atom. The first kappa shape index (κ1) is 16.5. The van der Waals surface area contributed by atoms with Crippen molar-refractivity contribution in [3.63, 3.8) is 0 Å². The summed E-state index contributed by atoms with van der Waals surface area (Å²) in [6.07, 6.45) is 1.43. The summed E-state index contributed by atoms with van der Waals surface area (Å²) in [6, 6.07) is 10.6. The number of carbonyl (C=O) groups excluding carboxylic acids is 1. The molecule has 4 heteroatoms. The first-order valence-electron chi connectivity index (χ1n) is 8.13. The molecule has 0 bridgehead atoms. The minimum Gasteiger partial charge on any atom is -0.497 e. The molecule has 126 valence electrons. The van der Waals surface area contributed by atoms with Crippen LogP contribution in [0.5, 0.6) is 11.5 Å². The third kappa shape index (κ3) is 2.77. The van der Waals surface area contributed by atoms with Crippen molar-refractivity contribution in [1.82, 2.24) is 0 Å². The molecule has 0 saturated carbocycles. The fourth-order valence-electron chi connectivity index (χ4n) is 3.58. The number of ether oxygens (including phenoxy) is 2. The first-order valence-corrected chi connectivity index (χ1v) is 8.13. The van der Waals surface area contributed by atoms with Crippen LogP contribution >= 0.6 is 0 Å². The van der Waals surface area contributed by atoms with Crippen LogP contribution < -0.4 is 9.47 Å². The van der Waals surface area contributed by atoms with Gasteiger partial charge in [0.1, 0.15) is 5.75 Å². The van der Waals surface area contributed by atoms with Crippen molar-refractivity contribution in [3.05, 3.63) is 58.9 Å². The SMILES string of the molecule is CCC1C(=O)c2cc(OC)ccc2CC1c1ccc(OC)c(F)c1. The molecule has 0 spiro atoms. The van der Waals surface area contributed by atoms with Gasteiger partial charge in [0.15, 0.2) is 17.3 Å². The van der Waals surface area contributed by atoms with Crippen LogP contribution in [0.15, 0.2) is 36.4 Å². The number of Topliss-reactive ketones (excluding diaryl/α,β-unsaturated/α-hetero) is 1. The molecule has 0 aromatic heterocycles. The van der Waals surface area contributed by atoms with E-state index in [1.165, 1.54) is 13.2 Å². The van der Waals surface area contributed by atoms with E-state index in [4.69, 9.17) is 9.47 Å². The van der Waals surface area contributed by atoms with Gasteiger partial charge in [0, 0.05) is 11.5 Å². The van der Waals surface area contributed by atoms with Crippen molar-refractivity contribution < 1.29 is 18.7 Å². The summed E-state index contributed by atoms with van der Waals surface area (Å²) >= 11 is 0. The van der Waals surface area contributed by atoms with Crippen molar-refractivity contribution in [2.75, 3.05) is 14.2 Å². The van der Waals surface area contributed by atoms with Gasteiger partial charge in [-0.2, -0.15) is 0 Å². The number of fused-ring (bicyclic) bond motifs is 1. The van der Waals surface area contributed by atoms with Crippen LogP contribution in [0.1, 0.15) is 40.7 Å². The summed E-state index contributed by atoms with van der Waals surface area (Å²) in [5, 5.41) is 0. The van der Waals surface area contributed by atoms with E-state index in [-0.39, 0.29) is 23.4 Å². The molecule has 24 heavy (non-hydrogen) atoms.